The first-order valence-electron chi connectivity index (χ1n) is 7.90. The Balaban J connectivity index is 1.95. The van der Waals surface area contributed by atoms with Crippen LogP contribution in [0.25, 0.3) is 42.1 Å². The van der Waals surface area contributed by atoms with Gasteiger partial charge in [0.05, 0.1) is 0 Å². The molecule has 0 nitrogen and oxygen atoms in total. The Kier molecular flexibility index (Phi) is 3.22. The van der Waals surface area contributed by atoms with Crippen molar-refractivity contribution < 1.29 is 0 Å². The molecule has 0 spiro atoms. The molecule has 5 aromatic rings. The van der Waals surface area contributed by atoms with E-state index in [1.807, 2.05) is 11.3 Å². The summed E-state index contributed by atoms with van der Waals surface area (Å²) in [5.41, 5.74) is 2.56. The zero-order valence-corrected chi connectivity index (χ0v) is 15.2. The van der Waals surface area contributed by atoms with E-state index >= 15 is 0 Å². The second-order valence-electron chi connectivity index (χ2n) is 5.95. The van der Waals surface area contributed by atoms with Crippen molar-refractivity contribution >= 4 is 58.2 Å². The first kappa shape index (κ1) is 14.2. The fourth-order valence-electron chi connectivity index (χ4n) is 3.42. The molecule has 0 saturated heterocycles. The van der Waals surface area contributed by atoms with Gasteiger partial charge in [0.1, 0.15) is 0 Å². The topological polar surface area (TPSA) is 0 Å². The van der Waals surface area contributed by atoms with Crippen molar-refractivity contribution in [3.8, 4) is 11.1 Å². The second-order valence-corrected chi connectivity index (χ2v) is 7.92. The van der Waals surface area contributed by atoms with Gasteiger partial charge in [0.2, 0.25) is 0 Å². The fourth-order valence-corrected chi connectivity index (χ4v) is 4.96. The Bertz CT molecular complexity index is 1200. The van der Waals surface area contributed by atoms with Gasteiger partial charge in [-0.2, -0.15) is 0 Å². The van der Waals surface area contributed by atoms with E-state index in [9.17, 15) is 0 Å². The van der Waals surface area contributed by atoms with Gasteiger partial charge in [-0.25, -0.2) is 0 Å². The zero-order chi connectivity index (χ0) is 16.1. The lowest BCUT2D eigenvalue weighted by molar-refractivity contribution is 1.63. The minimum atomic E-state index is 1.11. The van der Waals surface area contributed by atoms with Gasteiger partial charge in [-0.3, -0.25) is 0 Å². The maximum Gasteiger partial charge on any atom is 0.0440 e. The minimum absolute atomic E-state index is 1.11. The molecule has 0 aliphatic rings. The van der Waals surface area contributed by atoms with Gasteiger partial charge in [-0.15, -0.1) is 11.3 Å². The number of benzene rings is 4. The fraction of sp³-hybridized carbons (Fsp3) is 0. The van der Waals surface area contributed by atoms with E-state index in [2.05, 4.69) is 94.8 Å². The van der Waals surface area contributed by atoms with Crippen molar-refractivity contribution in [2.45, 2.75) is 0 Å². The van der Waals surface area contributed by atoms with E-state index in [0.717, 1.165) is 4.47 Å². The van der Waals surface area contributed by atoms with Gasteiger partial charge in [0.15, 0.2) is 0 Å². The van der Waals surface area contributed by atoms with Crippen LogP contribution in [0.1, 0.15) is 0 Å². The van der Waals surface area contributed by atoms with Crippen molar-refractivity contribution in [2.75, 3.05) is 0 Å². The zero-order valence-electron chi connectivity index (χ0n) is 12.8. The Morgan fingerprint density at radius 1 is 0.667 bits per heavy atom. The molecule has 0 bridgehead atoms. The van der Waals surface area contributed by atoms with Crippen LogP contribution in [0.5, 0.6) is 0 Å². The number of rotatable bonds is 1. The van der Waals surface area contributed by atoms with Crippen molar-refractivity contribution in [2.24, 2.45) is 0 Å². The quantitative estimate of drug-likeness (QED) is 0.276. The van der Waals surface area contributed by atoms with Gasteiger partial charge in [0.25, 0.3) is 0 Å². The third kappa shape index (κ3) is 2.10. The molecular formula is C22H13BrS. The molecule has 0 N–H and O–H groups in total. The molecule has 0 radical (unpaired) electrons. The molecule has 24 heavy (non-hydrogen) atoms. The lowest BCUT2D eigenvalue weighted by Gasteiger charge is -2.08. The summed E-state index contributed by atoms with van der Waals surface area (Å²) in [6.45, 7) is 0. The Morgan fingerprint density at radius 3 is 2.38 bits per heavy atom. The van der Waals surface area contributed by atoms with Crippen LogP contribution >= 0.6 is 27.3 Å². The third-order valence-electron chi connectivity index (χ3n) is 4.54. The number of halogens is 1. The van der Waals surface area contributed by atoms with Crippen LogP contribution in [0, 0.1) is 0 Å². The monoisotopic (exact) mass is 388 g/mol. The van der Waals surface area contributed by atoms with Crippen molar-refractivity contribution in [1.29, 1.82) is 0 Å². The van der Waals surface area contributed by atoms with E-state index in [4.69, 9.17) is 0 Å². The third-order valence-corrected chi connectivity index (χ3v) is 6.28. The maximum absolute atomic E-state index is 3.53. The first-order chi connectivity index (χ1) is 11.8. The molecule has 2 heteroatoms. The number of hydrogen-bond donors (Lipinski definition) is 0. The summed E-state index contributed by atoms with van der Waals surface area (Å²) in [6, 6.07) is 28.4. The average Bonchev–Trinajstić information content (AvgIpc) is 3.01. The highest BCUT2D eigenvalue weighted by atomic mass is 79.9. The molecule has 0 fully saturated rings. The lowest BCUT2D eigenvalue weighted by atomic mass is 9.97. The standard InChI is InChI=1S/C22H13BrS/c23-16-11-8-14(9-12-16)17-6-3-4-15-10-13-19-18-5-1-2-7-20(18)24-22(19)21(15)17/h1-13H. The summed E-state index contributed by atoms with van der Waals surface area (Å²) >= 11 is 5.43. The van der Waals surface area contributed by atoms with Crippen LogP contribution in [0.3, 0.4) is 0 Å². The molecule has 0 aliphatic carbocycles. The molecule has 5 rings (SSSR count). The normalized spacial score (nSPS) is 11.5. The predicted molar refractivity (Wildman–Crippen MR) is 110 cm³/mol. The van der Waals surface area contributed by atoms with Gasteiger partial charge >= 0.3 is 0 Å². The summed E-state index contributed by atoms with van der Waals surface area (Å²) in [5.74, 6) is 0. The van der Waals surface area contributed by atoms with E-state index in [1.165, 1.54) is 42.1 Å². The molecule has 0 unspecified atom stereocenters. The Morgan fingerprint density at radius 2 is 1.50 bits per heavy atom. The van der Waals surface area contributed by atoms with Crippen molar-refractivity contribution in [3.05, 3.63) is 83.3 Å². The van der Waals surface area contributed by atoms with Crippen LogP contribution in [0.4, 0.5) is 0 Å². The molecule has 1 heterocycles. The highest BCUT2D eigenvalue weighted by Gasteiger charge is 2.12. The minimum Gasteiger partial charge on any atom is -0.135 e. The maximum atomic E-state index is 3.53. The van der Waals surface area contributed by atoms with Crippen LogP contribution in [-0.4, -0.2) is 0 Å². The molecular weight excluding hydrogens is 376 g/mol. The smallest absolute Gasteiger partial charge is 0.0440 e. The first-order valence-corrected chi connectivity index (χ1v) is 9.51. The summed E-state index contributed by atoms with van der Waals surface area (Å²) < 4.78 is 3.84. The molecule has 0 atom stereocenters. The average molecular weight is 389 g/mol. The van der Waals surface area contributed by atoms with Gasteiger partial charge < -0.3 is 0 Å². The SMILES string of the molecule is Brc1ccc(-c2cccc3ccc4c5ccccc5sc4c23)cc1. The lowest BCUT2D eigenvalue weighted by Crippen LogP contribution is -1.82. The van der Waals surface area contributed by atoms with Gasteiger partial charge in [0, 0.05) is 30.0 Å². The van der Waals surface area contributed by atoms with Crippen molar-refractivity contribution in [1.82, 2.24) is 0 Å². The Labute approximate surface area is 152 Å². The van der Waals surface area contributed by atoms with E-state index in [-0.39, 0.29) is 0 Å². The summed E-state index contributed by atoms with van der Waals surface area (Å²) in [4.78, 5) is 0. The number of thiophene rings is 1. The van der Waals surface area contributed by atoms with E-state index < -0.39 is 0 Å². The molecule has 4 aromatic carbocycles. The van der Waals surface area contributed by atoms with Gasteiger partial charge in [-0.05, 0) is 34.7 Å². The molecule has 0 amide bonds. The number of hydrogen-bond acceptors (Lipinski definition) is 1. The summed E-state index contributed by atoms with van der Waals surface area (Å²) in [6.07, 6.45) is 0. The highest BCUT2D eigenvalue weighted by molar-refractivity contribution is 9.10. The van der Waals surface area contributed by atoms with E-state index in [1.54, 1.807) is 0 Å². The van der Waals surface area contributed by atoms with Gasteiger partial charge in [-0.1, -0.05) is 76.6 Å². The molecule has 114 valence electrons. The molecule has 1 aromatic heterocycles. The largest absolute Gasteiger partial charge is 0.135 e. The highest BCUT2D eigenvalue weighted by Crippen LogP contribution is 2.42. The van der Waals surface area contributed by atoms with Crippen LogP contribution < -0.4 is 0 Å². The predicted octanol–water partition coefficient (Wildman–Crippen LogP) is 7.64. The van der Waals surface area contributed by atoms with E-state index in [0.29, 0.717) is 0 Å². The van der Waals surface area contributed by atoms with Crippen LogP contribution in [0.15, 0.2) is 83.3 Å². The Hall–Kier alpha value is -2.16. The second kappa shape index (κ2) is 5.44. The van der Waals surface area contributed by atoms with Crippen molar-refractivity contribution in [3.63, 3.8) is 0 Å². The summed E-state index contributed by atoms with van der Waals surface area (Å²) in [5, 5.41) is 5.37. The summed E-state index contributed by atoms with van der Waals surface area (Å²) in [7, 11) is 0. The number of fused-ring (bicyclic) bond motifs is 5. The van der Waals surface area contributed by atoms with Crippen LogP contribution in [-0.2, 0) is 0 Å². The molecule has 0 aliphatic heterocycles. The van der Waals surface area contributed by atoms with Crippen LogP contribution in [0.2, 0.25) is 0 Å². The molecule has 0 saturated carbocycles.